The Labute approximate surface area is 110 Å². The highest BCUT2D eigenvalue weighted by Crippen LogP contribution is 2.26. The summed E-state index contributed by atoms with van der Waals surface area (Å²) in [5.41, 5.74) is 3.18. The molecule has 0 saturated heterocycles. The Morgan fingerprint density at radius 2 is 1.63 bits per heavy atom. The van der Waals surface area contributed by atoms with Gasteiger partial charge in [0.25, 0.3) is 0 Å². The number of pyridine rings is 1. The molecule has 2 aromatic heterocycles. The highest BCUT2D eigenvalue weighted by Gasteiger charge is 2.08. The molecule has 2 heterocycles. The number of benzene rings is 2. The quantitative estimate of drug-likeness (QED) is 0.513. The van der Waals surface area contributed by atoms with Gasteiger partial charge in [-0.25, -0.2) is 0 Å². The summed E-state index contributed by atoms with van der Waals surface area (Å²) in [4.78, 5) is 0. The maximum Gasteiger partial charge on any atom is 0.168 e. The van der Waals surface area contributed by atoms with E-state index in [4.69, 9.17) is 0 Å². The lowest BCUT2D eigenvalue weighted by Gasteiger charge is -2.08. The first-order chi connectivity index (χ1) is 9.43. The Morgan fingerprint density at radius 1 is 0.842 bits per heavy atom. The van der Waals surface area contributed by atoms with Crippen molar-refractivity contribution in [2.75, 3.05) is 0 Å². The van der Waals surface area contributed by atoms with Crippen molar-refractivity contribution < 1.29 is 0 Å². The average molecular weight is 245 g/mol. The van der Waals surface area contributed by atoms with Gasteiger partial charge in [-0.2, -0.15) is 0 Å². The van der Waals surface area contributed by atoms with Gasteiger partial charge in [0.05, 0.1) is 5.69 Å². The van der Waals surface area contributed by atoms with E-state index >= 15 is 0 Å². The zero-order valence-corrected chi connectivity index (χ0v) is 10.2. The van der Waals surface area contributed by atoms with E-state index in [9.17, 15) is 0 Å². The molecule has 0 aliphatic rings. The highest BCUT2D eigenvalue weighted by atomic mass is 15.2. The van der Waals surface area contributed by atoms with E-state index in [0.717, 1.165) is 22.3 Å². The van der Waals surface area contributed by atoms with E-state index in [1.54, 1.807) is 6.33 Å². The van der Waals surface area contributed by atoms with Crippen LogP contribution < -0.4 is 0 Å². The average Bonchev–Trinajstić information content (AvgIpc) is 2.97. The molecule has 0 spiro atoms. The molecule has 4 aromatic rings. The van der Waals surface area contributed by atoms with Gasteiger partial charge in [0, 0.05) is 5.39 Å². The van der Waals surface area contributed by atoms with Crippen LogP contribution in [-0.2, 0) is 0 Å². The van der Waals surface area contributed by atoms with Crippen LogP contribution in [0, 0.1) is 0 Å². The number of hydrogen-bond donors (Lipinski definition) is 0. The monoisotopic (exact) mass is 245 g/mol. The van der Waals surface area contributed by atoms with Crippen molar-refractivity contribution in [1.82, 2.24) is 14.6 Å². The van der Waals surface area contributed by atoms with Crippen LogP contribution in [0.1, 0.15) is 0 Å². The second-order valence-corrected chi connectivity index (χ2v) is 4.51. The highest BCUT2D eigenvalue weighted by molar-refractivity contribution is 5.96. The number of hydrogen-bond acceptors (Lipinski definition) is 2. The van der Waals surface area contributed by atoms with E-state index in [0.29, 0.717) is 0 Å². The van der Waals surface area contributed by atoms with Crippen LogP contribution in [0.4, 0.5) is 0 Å². The minimum atomic E-state index is 0.900. The lowest BCUT2D eigenvalue weighted by atomic mass is 10.1. The smallest absolute Gasteiger partial charge is 0.168 e. The Bertz CT molecular complexity index is 863. The van der Waals surface area contributed by atoms with Crippen molar-refractivity contribution >= 4 is 16.4 Å². The molecule has 0 aliphatic carbocycles. The van der Waals surface area contributed by atoms with E-state index in [2.05, 4.69) is 40.5 Å². The summed E-state index contributed by atoms with van der Waals surface area (Å²) in [5, 5.41) is 10.6. The summed E-state index contributed by atoms with van der Waals surface area (Å²) in [5.74, 6) is 0. The molecular formula is C16H11N3. The molecule has 4 rings (SSSR count). The number of rotatable bonds is 1. The van der Waals surface area contributed by atoms with Crippen LogP contribution in [0.3, 0.4) is 0 Å². The van der Waals surface area contributed by atoms with Crippen molar-refractivity contribution in [2.24, 2.45) is 0 Å². The third-order valence-corrected chi connectivity index (χ3v) is 3.37. The molecule has 0 aliphatic heterocycles. The van der Waals surface area contributed by atoms with E-state index in [1.807, 2.05) is 34.7 Å². The molecule has 0 atom stereocenters. The van der Waals surface area contributed by atoms with Gasteiger partial charge in [-0.1, -0.05) is 54.6 Å². The molecule has 0 radical (unpaired) electrons. The summed E-state index contributed by atoms with van der Waals surface area (Å²) in [6, 6.07) is 20.7. The fourth-order valence-corrected chi connectivity index (χ4v) is 2.47. The van der Waals surface area contributed by atoms with Gasteiger partial charge >= 0.3 is 0 Å². The molecule has 0 saturated carbocycles. The van der Waals surface area contributed by atoms with Crippen molar-refractivity contribution in [2.45, 2.75) is 0 Å². The molecule has 3 heteroatoms. The standard InChI is InChI=1S/C16H11N3/c1-2-6-12(7-3-1)15-10-13-8-4-5-9-14(13)16-18-17-11-19(15)16/h1-11H. The first-order valence-electron chi connectivity index (χ1n) is 6.20. The molecule has 90 valence electrons. The molecule has 3 nitrogen and oxygen atoms in total. The van der Waals surface area contributed by atoms with Gasteiger partial charge in [-0.3, -0.25) is 4.40 Å². The maximum atomic E-state index is 4.25. The molecule has 0 amide bonds. The summed E-state index contributed by atoms with van der Waals surface area (Å²) in [7, 11) is 0. The van der Waals surface area contributed by atoms with Crippen LogP contribution in [0.2, 0.25) is 0 Å². The molecule has 0 fully saturated rings. The van der Waals surface area contributed by atoms with Crippen molar-refractivity contribution in [3.05, 3.63) is 67.0 Å². The Balaban J connectivity index is 2.17. The number of aromatic nitrogens is 3. The Morgan fingerprint density at radius 3 is 2.53 bits per heavy atom. The first-order valence-corrected chi connectivity index (χ1v) is 6.20. The SMILES string of the molecule is c1ccc(-c2cc3ccccc3c3nncn23)cc1. The van der Waals surface area contributed by atoms with Gasteiger partial charge in [-0.15, -0.1) is 10.2 Å². The Kier molecular flexibility index (Phi) is 2.12. The second-order valence-electron chi connectivity index (χ2n) is 4.51. The van der Waals surface area contributed by atoms with E-state index in [1.165, 1.54) is 5.39 Å². The lowest BCUT2D eigenvalue weighted by molar-refractivity contribution is 1.10. The minimum absolute atomic E-state index is 0.900. The van der Waals surface area contributed by atoms with Crippen LogP contribution >= 0.6 is 0 Å². The van der Waals surface area contributed by atoms with E-state index < -0.39 is 0 Å². The molecule has 0 unspecified atom stereocenters. The third kappa shape index (κ3) is 1.52. The fourth-order valence-electron chi connectivity index (χ4n) is 2.47. The topological polar surface area (TPSA) is 30.2 Å². The predicted molar refractivity (Wildman–Crippen MR) is 75.9 cm³/mol. The predicted octanol–water partition coefficient (Wildman–Crippen LogP) is 3.55. The number of fused-ring (bicyclic) bond motifs is 3. The zero-order valence-electron chi connectivity index (χ0n) is 10.2. The van der Waals surface area contributed by atoms with Crippen molar-refractivity contribution in [3.8, 4) is 11.3 Å². The van der Waals surface area contributed by atoms with Crippen LogP contribution in [0.25, 0.3) is 27.7 Å². The lowest BCUT2D eigenvalue weighted by Crippen LogP contribution is -1.92. The Hall–Kier alpha value is -2.68. The largest absolute Gasteiger partial charge is 0.281 e. The van der Waals surface area contributed by atoms with Crippen LogP contribution in [-0.4, -0.2) is 14.6 Å². The summed E-state index contributed by atoms with van der Waals surface area (Å²) in [6.07, 6.45) is 1.77. The molecule has 0 bridgehead atoms. The van der Waals surface area contributed by atoms with Crippen molar-refractivity contribution in [3.63, 3.8) is 0 Å². The molecular weight excluding hydrogens is 234 g/mol. The summed E-state index contributed by atoms with van der Waals surface area (Å²) < 4.78 is 2.04. The third-order valence-electron chi connectivity index (χ3n) is 3.37. The zero-order chi connectivity index (χ0) is 12.7. The van der Waals surface area contributed by atoms with E-state index in [-0.39, 0.29) is 0 Å². The minimum Gasteiger partial charge on any atom is -0.281 e. The van der Waals surface area contributed by atoms with Crippen LogP contribution in [0.5, 0.6) is 0 Å². The first kappa shape index (κ1) is 10.3. The molecule has 19 heavy (non-hydrogen) atoms. The summed E-state index contributed by atoms with van der Waals surface area (Å²) >= 11 is 0. The molecule has 2 aromatic carbocycles. The van der Waals surface area contributed by atoms with Crippen molar-refractivity contribution in [1.29, 1.82) is 0 Å². The van der Waals surface area contributed by atoms with Crippen LogP contribution in [0.15, 0.2) is 67.0 Å². The fraction of sp³-hybridized carbons (Fsp3) is 0. The second kappa shape index (κ2) is 3.92. The maximum absolute atomic E-state index is 4.25. The van der Waals surface area contributed by atoms with Gasteiger partial charge < -0.3 is 0 Å². The van der Waals surface area contributed by atoms with Gasteiger partial charge in [-0.05, 0) is 17.0 Å². The van der Waals surface area contributed by atoms with Gasteiger partial charge in [0.1, 0.15) is 6.33 Å². The van der Waals surface area contributed by atoms with Gasteiger partial charge in [0.2, 0.25) is 0 Å². The molecule has 0 N–H and O–H groups in total. The summed E-state index contributed by atoms with van der Waals surface area (Å²) in [6.45, 7) is 0. The van der Waals surface area contributed by atoms with Gasteiger partial charge in [0.15, 0.2) is 5.65 Å². The normalized spacial score (nSPS) is 11.2. The number of nitrogens with zero attached hydrogens (tertiary/aromatic N) is 3.